The highest BCUT2D eigenvalue weighted by molar-refractivity contribution is 7.99. The molecule has 0 unspecified atom stereocenters. The first-order valence-corrected chi connectivity index (χ1v) is 9.44. The lowest BCUT2D eigenvalue weighted by Crippen LogP contribution is -2.51. The molecular formula is C18H25FN2O3S. The summed E-state index contributed by atoms with van der Waals surface area (Å²) in [4.78, 5) is 26.8. The molecule has 1 aliphatic rings. The Morgan fingerprint density at radius 2 is 1.92 bits per heavy atom. The van der Waals surface area contributed by atoms with Gasteiger partial charge in [0.25, 0.3) is 0 Å². The van der Waals surface area contributed by atoms with E-state index in [1.165, 1.54) is 12.1 Å². The summed E-state index contributed by atoms with van der Waals surface area (Å²) in [6, 6.07) is 5.21. The van der Waals surface area contributed by atoms with Crippen molar-refractivity contribution in [3.05, 3.63) is 35.6 Å². The summed E-state index contributed by atoms with van der Waals surface area (Å²) in [7, 11) is 0. The second-order valence-electron chi connectivity index (χ2n) is 7.10. The van der Waals surface area contributed by atoms with E-state index in [-0.39, 0.29) is 17.6 Å². The quantitative estimate of drug-likeness (QED) is 0.885. The molecule has 0 aromatic heterocycles. The normalized spacial score (nSPS) is 17.1. The molecule has 2 atom stereocenters. The van der Waals surface area contributed by atoms with Crippen molar-refractivity contribution in [3.8, 4) is 0 Å². The average molecular weight is 368 g/mol. The van der Waals surface area contributed by atoms with Crippen LogP contribution in [0.4, 0.5) is 9.18 Å². The minimum Gasteiger partial charge on any atom is -0.444 e. The van der Waals surface area contributed by atoms with E-state index in [4.69, 9.17) is 4.74 Å². The van der Waals surface area contributed by atoms with Crippen LogP contribution in [0.5, 0.6) is 0 Å². The van der Waals surface area contributed by atoms with Crippen LogP contribution < -0.4 is 5.32 Å². The van der Waals surface area contributed by atoms with Crippen LogP contribution in [0, 0.1) is 5.82 Å². The van der Waals surface area contributed by atoms with Crippen LogP contribution in [-0.4, -0.2) is 46.7 Å². The van der Waals surface area contributed by atoms with Crippen molar-refractivity contribution in [1.29, 1.82) is 0 Å². The largest absolute Gasteiger partial charge is 0.444 e. The number of hydrogen-bond acceptors (Lipinski definition) is 4. The number of amides is 2. The second kappa shape index (κ2) is 8.08. The van der Waals surface area contributed by atoms with Gasteiger partial charge in [0.15, 0.2) is 0 Å². The van der Waals surface area contributed by atoms with Crippen molar-refractivity contribution >= 4 is 23.8 Å². The van der Waals surface area contributed by atoms with Gasteiger partial charge in [-0.2, -0.15) is 0 Å². The van der Waals surface area contributed by atoms with Crippen molar-refractivity contribution in [2.45, 2.75) is 45.3 Å². The van der Waals surface area contributed by atoms with Crippen LogP contribution in [0.1, 0.15) is 39.2 Å². The van der Waals surface area contributed by atoms with E-state index in [1.807, 2.05) is 6.92 Å². The van der Waals surface area contributed by atoms with Gasteiger partial charge < -0.3 is 15.0 Å². The van der Waals surface area contributed by atoms with Gasteiger partial charge in [0.05, 0.1) is 5.88 Å². The molecule has 0 radical (unpaired) electrons. The molecule has 1 aromatic rings. The van der Waals surface area contributed by atoms with Gasteiger partial charge in [0.1, 0.15) is 17.5 Å². The summed E-state index contributed by atoms with van der Waals surface area (Å²) in [6.07, 6.45) is -0.633. The molecule has 1 heterocycles. The van der Waals surface area contributed by atoms with Crippen molar-refractivity contribution < 1.29 is 18.7 Å². The van der Waals surface area contributed by atoms with Crippen LogP contribution in [0.25, 0.3) is 0 Å². The smallest absolute Gasteiger partial charge is 0.408 e. The molecule has 7 heteroatoms. The Morgan fingerprint density at radius 1 is 1.28 bits per heavy atom. The highest BCUT2D eigenvalue weighted by Gasteiger charge is 2.34. The molecule has 2 amide bonds. The lowest BCUT2D eigenvalue weighted by Gasteiger charge is -2.29. The minimum absolute atomic E-state index is 0.146. The highest BCUT2D eigenvalue weighted by Crippen LogP contribution is 2.24. The first-order chi connectivity index (χ1) is 11.7. The molecule has 0 saturated carbocycles. The van der Waals surface area contributed by atoms with Gasteiger partial charge >= 0.3 is 6.09 Å². The third kappa shape index (κ3) is 5.63. The molecule has 0 spiro atoms. The third-order valence-corrected chi connectivity index (χ3v) is 4.86. The fourth-order valence-electron chi connectivity index (χ4n) is 2.58. The Bertz CT molecular complexity index is 610. The van der Waals surface area contributed by atoms with Gasteiger partial charge in [-0.1, -0.05) is 19.1 Å². The van der Waals surface area contributed by atoms with Gasteiger partial charge in [-0.15, -0.1) is 11.8 Å². The number of benzene rings is 1. The van der Waals surface area contributed by atoms with Crippen molar-refractivity contribution in [2.24, 2.45) is 0 Å². The lowest BCUT2D eigenvalue weighted by molar-refractivity contribution is -0.132. The monoisotopic (exact) mass is 368 g/mol. The van der Waals surface area contributed by atoms with E-state index in [2.05, 4.69) is 5.32 Å². The molecule has 2 rings (SSSR count). The van der Waals surface area contributed by atoms with Gasteiger partial charge in [-0.25, -0.2) is 9.18 Å². The first-order valence-electron chi connectivity index (χ1n) is 8.29. The van der Waals surface area contributed by atoms with E-state index < -0.39 is 17.7 Å². The number of ether oxygens (including phenoxy) is 1. The third-order valence-electron chi connectivity index (χ3n) is 3.90. The van der Waals surface area contributed by atoms with E-state index in [1.54, 1.807) is 49.6 Å². The van der Waals surface area contributed by atoms with Crippen LogP contribution in [0.15, 0.2) is 24.3 Å². The molecular weight excluding hydrogens is 343 g/mol. The number of carbonyl (C=O) groups is 2. The predicted octanol–water partition coefficient (Wildman–Crippen LogP) is 3.36. The Morgan fingerprint density at radius 3 is 2.44 bits per heavy atom. The summed E-state index contributed by atoms with van der Waals surface area (Å²) in [5.74, 6) is 0.700. The van der Waals surface area contributed by atoms with E-state index in [0.29, 0.717) is 12.4 Å². The predicted molar refractivity (Wildman–Crippen MR) is 97.0 cm³/mol. The van der Waals surface area contributed by atoms with Crippen molar-refractivity contribution in [2.75, 3.05) is 18.2 Å². The van der Waals surface area contributed by atoms with Crippen molar-refractivity contribution in [1.82, 2.24) is 10.2 Å². The van der Waals surface area contributed by atoms with Crippen LogP contribution in [0.2, 0.25) is 0 Å². The summed E-state index contributed by atoms with van der Waals surface area (Å²) in [5, 5.41) is 2.71. The Hall–Kier alpha value is -1.76. The SMILES string of the molecule is C[C@@H](c1ccc(F)cc1)[C@H](NC(=O)OC(C)(C)C)C(=O)N1CCSC1. The number of carbonyl (C=O) groups excluding carboxylic acids is 2. The molecule has 1 aromatic carbocycles. The maximum absolute atomic E-state index is 13.2. The Kier molecular flexibility index (Phi) is 6.32. The maximum atomic E-state index is 13.2. The van der Waals surface area contributed by atoms with Gasteiger partial charge in [0.2, 0.25) is 5.91 Å². The second-order valence-corrected chi connectivity index (χ2v) is 8.18. The van der Waals surface area contributed by atoms with E-state index >= 15 is 0 Å². The van der Waals surface area contributed by atoms with E-state index in [0.717, 1.165) is 11.3 Å². The summed E-state index contributed by atoms with van der Waals surface area (Å²) >= 11 is 1.68. The Labute approximate surface area is 152 Å². The molecule has 1 fully saturated rings. The van der Waals surface area contributed by atoms with Crippen molar-refractivity contribution in [3.63, 3.8) is 0 Å². The highest BCUT2D eigenvalue weighted by atomic mass is 32.2. The lowest BCUT2D eigenvalue weighted by atomic mass is 9.92. The minimum atomic E-state index is -0.765. The molecule has 5 nitrogen and oxygen atoms in total. The van der Waals surface area contributed by atoms with Gasteiger partial charge in [-0.3, -0.25) is 4.79 Å². The number of nitrogens with zero attached hydrogens (tertiary/aromatic N) is 1. The van der Waals surface area contributed by atoms with Gasteiger partial charge in [-0.05, 0) is 38.5 Å². The molecule has 0 aliphatic carbocycles. The summed E-state index contributed by atoms with van der Waals surface area (Å²) in [6.45, 7) is 7.81. The number of nitrogens with one attached hydrogen (secondary N) is 1. The first kappa shape index (κ1) is 19.6. The number of rotatable bonds is 4. The topological polar surface area (TPSA) is 58.6 Å². The summed E-state index contributed by atoms with van der Waals surface area (Å²) < 4.78 is 18.5. The number of alkyl carbamates (subject to hydrolysis) is 1. The van der Waals surface area contributed by atoms with Crippen LogP contribution in [-0.2, 0) is 9.53 Å². The van der Waals surface area contributed by atoms with Crippen LogP contribution >= 0.6 is 11.8 Å². The fourth-order valence-corrected chi connectivity index (χ4v) is 3.53. The zero-order valence-corrected chi connectivity index (χ0v) is 15.9. The Balaban J connectivity index is 2.19. The number of halogens is 1. The van der Waals surface area contributed by atoms with Gasteiger partial charge in [0, 0.05) is 18.2 Å². The fraction of sp³-hybridized carbons (Fsp3) is 0.556. The average Bonchev–Trinajstić information content (AvgIpc) is 3.05. The maximum Gasteiger partial charge on any atom is 0.408 e. The molecule has 1 N–H and O–H groups in total. The number of hydrogen-bond donors (Lipinski definition) is 1. The zero-order chi connectivity index (χ0) is 18.6. The summed E-state index contributed by atoms with van der Waals surface area (Å²) in [5.41, 5.74) is 0.128. The molecule has 1 saturated heterocycles. The molecule has 138 valence electrons. The van der Waals surface area contributed by atoms with Crippen LogP contribution in [0.3, 0.4) is 0 Å². The molecule has 1 aliphatic heterocycles. The molecule has 0 bridgehead atoms. The zero-order valence-electron chi connectivity index (χ0n) is 15.0. The number of thioether (sulfide) groups is 1. The van der Waals surface area contributed by atoms with E-state index in [9.17, 15) is 14.0 Å². The molecule has 25 heavy (non-hydrogen) atoms. The standard InChI is InChI=1S/C18H25FN2O3S/c1-12(13-5-7-14(19)8-6-13)15(16(22)21-9-10-25-11-21)20-17(23)24-18(2,3)4/h5-8,12,15H,9-11H2,1-4H3,(H,20,23)/t12-,15-/m0/s1.